The van der Waals surface area contributed by atoms with Crippen LogP contribution in [0.25, 0.3) is 22.8 Å². The Morgan fingerprint density at radius 3 is 2.11 bits per heavy atom. The number of anilines is 1. The lowest BCUT2D eigenvalue weighted by molar-refractivity contribution is -0.137. The number of amides is 2. The molecule has 0 spiro atoms. The van der Waals surface area contributed by atoms with E-state index in [9.17, 15) is 22.8 Å². The second-order valence-corrected chi connectivity index (χ2v) is 8.24. The number of carbonyl (C=O) groups is 2. The first kappa shape index (κ1) is 23.3. The van der Waals surface area contributed by atoms with Crippen LogP contribution in [0, 0.1) is 17.5 Å². The van der Waals surface area contributed by atoms with Crippen molar-refractivity contribution in [2.24, 2.45) is 0 Å². The predicted molar refractivity (Wildman–Crippen MR) is 126 cm³/mol. The van der Waals surface area contributed by atoms with Crippen LogP contribution in [0.15, 0.2) is 72.8 Å². The van der Waals surface area contributed by atoms with Gasteiger partial charge in [-0.2, -0.15) is 0 Å². The molecule has 1 aromatic heterocycles. The van der Waals surface area contributed by atoms with Gasteiger partial charge in [-0.1, -0.05) is 12.1 Å². The van der Waals surface area contributed by atoms with Gasteiger partial charge in [0.15, 0.2) is 11.6 Å². The highest BCUT2D eigenvalue weighted by molar-refractivity contribution is 5.98. The number of halogens is 3. The van der Waals surface area contributed by atoms with Gasteiger partial charge in [0.05, 0.1) is 5.69 Å². The molecule has 0 saturated carbocycles. The van der Waals surface area contributed by atoms with Gasteiger partial charge in [-0.05, 0) is 60.7 Å². The molecule has 5 rings (SSSR count). The largest absolute Gasteiger partial charge is 0.330 e. The minimum absolute atomic E-state index is 0.147. The van der Waals surface area contributed by atoms with Crippen molar-refractivity contribution in [3.8, 4) is 22.8 Å². The predicted octanol–water partition coefficient (Wildman–Crippen LogP) is 3.90. The fourth-order valence-corrected chi connectivity index (χ4v) is 4.03. The standard InChI is InChI=1S/C26H20F3N5O2/c27-19-9-5-17(6-10-19)25-30-26(18-7-11-20(28)12-8-18)34(31-25)16-23(35)32-13-14-33(24(36)15-32)22-4-2-1-3-21(22)29/h1-12H,13-16H2. The van der Waals surface area contributed by atoms with Crippen LogP contribution in [-0.4, -0.2) is 51.1 Å². The van der Waals surface area contributed by atoms with Crippen LogP contribution in [0.5, 0.6) is 0 Å². The summed E-state index contributed by atoms with van der Waals surface area (Å²) in [5, 5.41) is 4.43. The molecule has 1 aliphatic heterocycles. The Balaban J connectivity index is 1.38. The Morgan fingerprint density at radius 2 is 1.47 bits per heavy atom. The maximum absolute atomic E-state index is 14.1. The Labute approximate surface area is 204 Å². The van der Waals surface area contributed by atoms with Crippen molar-refractivity contribution in [3.63, 3.8) is 0 Å². The molecular formula is C26H20F3N5O2. The summed E-state index contributed by atoms with van der Waals surface area (Å²) < 4.78 is 42.4. The highest BCUT2D eigenvalue weighted by Crippen LogP contribution is 2.24. The van der Waals surface area contributed by atoms with Crippen LogP contribution in [0.1, 0.15) is 0 Å². The summed E-state index contributed by atoms with van der Waals surface area (Å²) >= 11 is 0. The number of nitrogens with zero attached hydrogens (tertiary/aromatic N) is 5. The van der Waals surface area contributed by atoms with E-state index < -0.39 is 23.4 Å². The third kappa shape index (κ3) is 4.70. The average Bonchev–Trinajstić information content (AvgIpc) is 3.29. The summed E-state index contributed by atoms with van der Waals surface area (Å²) in [5.41, 5.74) is 1.25. The topological polar surface area (TPSA) is 71.3 Å². The number of hydrogen-bond acceptors (Lipinski definition) is 4. The third-order valence-corrected chi connectivity index (χ3v) is 5.88. The van der Waals surface area contributed by atoms with Gasteiger partial charge in [0.1, 0.15) is 30.5 Å². The van der Waals surface area contributed by atoms with Gasteiger partial charge in [0, 0.05) is 24.2 Å². The highest BCUT2D eigenvalue weighted by Gasteiger charge is 2.30. The Morgan fingerprint density at radius 1 is 0.833 bits per heavy atom. The third-order valence-electron chi connectivity index (χ3n) is 5.88. The van der Waals surface area contributed by atoms with Gasteiger partial charge in [-0.15, -0.1) is 5.10 Å². The van der Waals surface area contributed by atoms with Crippen LogP contribution in [-0.2, 0) is 16.1 Å². The summed E-state index contributed by atoms with van der Waals surface area (Å²) in [6, 6.07) is 17.2. The van der Waals surface area contributed by atoms with Gasteiger partial charge < -0.3 is 9.80 Å². The Hall–Kier alpha value is -4.47. The van der Waals surface area contributed by atoms with E-state index in [2.05, 4.69) is 10.1 Å². The van der Waals surface area contributed by atoms with E-state index in [4.69, 9.17) is 0 Å². The molecule has 4 aromatic rings. The fraction of sp³-hybridized carbons (Fsp3) is 0.154. The summed E-state index contributed by atoms with van der Waals surface area (Å²) in [6.07, 6.45) is 0. The molecule has 2 heterocycles. The molecule has 1 fully saturated rings. The van der Waals surface area contributed by atoms with E-state index in [-0.39, 0.29) is 43.6 Å². The molecule has 2 amide bonds. The van der Waals surface area contributed by atoms with Crippen molar-refractivity contribution in [2.75, 3.05) is 24.5 Å². The van der Waals surface area contributed by atoms with Gasteiger partial charge in [-0.3, -0.25) is 9.59 Å². The minimum Gasteiger partial charge on any atom is -0.330 e. The number of hydrogen-bond donors (Lipinski definition) is 0. The first-order valence-corrected chi connectivity index (χ1v) is 11.2. The highest BCUT2D eigenvalue weighted by atomic mass is 19.1. The second-order valence-electron chi connectivity index (χ2n) is 8.24. The molecule has 0 aliphatic carbocycles. The molecule has 0 bridgehead atoms. The molecule has 1 saturated heterocycles. The van der Waals surface area contributed by atoms with E-state index >= 15 is 0 Å². The van der Waals surface area contributed by atoms with Crippen LogP contribution >= 0.6 is 0 Å². The van der Waals surface area contributed by atoms with Gasteiger partial charge in [0.25, 0.3) is 0 Å². The summed E-state index contributed by atoms with van der Waals surface area (Å²) in [6.45, 7) is -0.0781. The number of carbonyl (C=O) groups excluding carboxylic acids is 2. The molecule has 0 radical (unpaired) electrons. The smallest absolute Gasteiger partial charge is 0.246 e. The lowest BCUT2D eigenvalue weighted by atomic mass is 10.2. The molecule has 10 heteroatoms. The van der Waals surface area contributed by atoms with Crippen molar-refractivity contribution in [1.29, 1.82) is 0 Å². The fourth-order valence-electron chi connectivity index (χ4n) is 4.03. The SMILES string of the molecule is O=C(Cn1nc(-c2ccc(F)cc2)nc1-c1ccc(F)cc1)N1CCN(c2ccccc2F)C(=O)C1. The van der Waals surface area contributed by atoms with Crippen molar-refractivity contribution >= 4 is 17.5 Å². The Kier molecular flexibility index (Phi) is 6.24. The van der Waals surface area contributed by atoms with Crippen LogP contribution in [0.2, 0.25) is 0 Å². The van der Waals surface area contributed by atoms with Crippen LogP contribution in [0.3, 0.4) is 0 Å². The van der Waals surface area contributed by atoms with E-state index in [0.29, 0.717) is 17.0 Å². The van der Waals surface area contributed by atoms with Gasteiger partial charge >= 0.3 is 0 Å². The lowest BCUT2D eigenvalue weighted by Crippen LogP contribution is -2.53. The molecule has 182 valence electrons. The maximum Gasteiger partial charge on any atom is 0.246 e. The van der Waals surface area contributed by atoms with Crippen LogP contribution in [0.4, 0.5) is 18.9 Å². The zero-order valence-corrected chi connectivity index (χ0v) is 18.9. The van der Waals surface area contributed by atoms with Crippen molar-refractivity contribution < 1.29 is 22.8 Å². The molecule has 7 nitrogen and oxygen atoms in total. The number of rotatable bonds is 5. The molecule has 3 aromatic carbocycles. The van der Waals surface area contributed by atoms with E-state index in [1.807, 2.05) is 0 Å². The van der Waals surface area contributed by atoms with Crippen LogP contribution < -0.4 is 4.90 Å². The summed E-state index contributed by atoms with van der Waals surface area (Å²) in [4.78, 5) is 33.1. The van der Waals surface area contributed by atoms with E-state index in [0.717, 1.165) is 0 Å². The van der Waals surface area contributed by atoms with Crippen molar-refractivity contribution in [1.82, 2.24) is 19.7 Å². The summed E-state index contributed by atoms with van der Waals surface area (Å²) in [5.74, 6) is -1.54. The van der Waals surface area contributed by atoms with Gasteiger partial charge in [-0.25, -0.2) is 22.8 Å². The number of piperazine rings is 1. The zero-order valence-electron chi connectivity index (χ0n) is 18.9. The number of aromatic nitrogens is 3. The summed E-state index contributed by atoms with van der Waals surface area (Å²) in [7, 11) is 0. The molecule has 0 atom stereocenters. The first-order valence-electron chi connectivity index (χ1n) is 11.2. The molecule has 0 unspecified atom stereocenters. The monoisotopic (exact) mass is 491 g/mol. The average molecular weight is 491 g/mol. The molecule has 36 heavy (non-hydrogen) atoms. The minimum atomic E-state index is -0.509. The second kappa shape index (κ2) is 9.65. The van der Waals surface area contributed by atoms with Crippen molar-refractivity contribution in [2.45, 2.75) is 6.54 Å². The molecular weight excluding hydrogens is 471 g/mol. The molecule has 0 N–H and O–H groups in total. The van der Waals surface area contributed by atoms with E-state index in [1.54, 1.807) is 12.1 Å². The number of benzene rings is 3. The normalized spacial score (nSPS) is 13.8. The number of para-hydroxylation sites is 1. The zero-order chi connectivity index (χ0) is 25.2. The lowest BCUT2D eigenvalue weighted by Gasteiger charge is -2.34. The van der Waals surface area contributed by atoms with E-state index in [1.165, 1.54) is 75.1 Å². The van der Waals surface area contributed by atoms with Crippen molar-refractivity contribution in [3.05, 3.63) is 90.2 Å². The first-order chi connectivity index (χ1) is 17.4. The van der Waals surface area contributed by atoms with Gasteiger partial charge in [0.2, 0.25) is 11.8 Å². The quantitative estimate of drug-likeness (QED) is 0.425. The Bertz CT molecular complexity index is 1420. The molecule has 1 aliphatic rings. The maximum atomic E-state index is 14.1.